The highest BCUT2D eigenvalue weighted by molar-refractivity contribution is 5.85. The predicted molar refractivity (Wildman–Crippen MR) is 59.7 cm³/mol. The van der Waals surface area contributed by atoms with Crippen LogP contribution in [0.25, 0.3) is 0 Å². The van der Waals surface area contributed by atoms with Gasteiger partial charge in [-0.3, -0.25) is 0 Å². The van der Waals surface area contributed by atoms with Crippen LogP contribution in [0, 0.1) is 0 Å². The van der Waals surface area contributed by atoms with Crippen LogP contribution in [-0.2, 0) is 0 Å². The van der Waals surface area contributed by atoms with Crippen molar-refractivity contribution >= 4 is 12.4 Å². The van der Waals surface area contributed by atoms with Gasteiger partial charge in [-0.25, -0.2) is 0 Å². The van der Waals surface area contributed by atoms with Gasteiger partial charge in [0.05, 0.1) is 20.3 Å². The minimum absolute atomic E-state index is 0. The first kappa shape index (κ1) is 12.8. The van der Waals surface area contributed by atoms with Gasteiger partial charge in [0.25, 0.3) is 0 Å². The van der Waals surface area contributed by atoms with Crippen molar-refractivity contribution in [3.63, 3.8) is 0 Å². The molecular formula is C9H14ClN3O3. The van der Waals surface area contributed by atoms with Crippen molar-refractivity contribution in [2.24, 2.45) is 0 Å². The predicted octanol–water partition coefficient (Wildman–Crippen LogP) is 0.266. The van der Waals surface area contributed by atoms with Crippen molar-refractivity contribution in [1.29, 1.82) is 0 Å². The van der Waals surface area contributed by atoms with E-state index >= 15 is 0 Å². The summed E-state index contributed by atoms with van der Waals surface area (Å²) in [6, 6.07) is 1.89. The summed E-state index contributed by atoms with van der Waals surface area (Å²) in [7, 11) is 3.08. The van der Waals surface area contributed by atoms with E-state index in [0.29, 0.717) is 11.8 Å². The molecule has 1 saturated heterocycles. The normalized spacial score (nSPS) is 14.6. The van der Waals surface area contributed by atoms with Crippen LogP contribution in [0.4, 0.5) is 0 Å². The van der Waals surface area contributed by atoms with Gasteiger partial charge in [0.15, 0.2) is 0 Å². The van der Waals surface area contributed by atoms with Gasteiger partial charge >= 0.3 is 6.01 Å². The van der Waals surface area contributed by atoms with Crippen LogP contribution in [-0.4, -0.2) is 43.4 Å². The lowest BCUT2D eigenvalue weighted by Gasteiger charge is -2.26. The molecule has 0 aromatic carbocycles. The largest absolute Gasteiger partial charge is 0.481 e. The maximum Gasteiger partial charge on any atom is 0.323 e. The number of methoxy groups -OCH3 is 2. The molecule has 2 rings (SSSR count). The molecule has 6 nitrogen and oxygen atoms in total. The average Bonchev–Trinajstić information content (AvgIpc) is 2.23. The Hall–Kier alpha value is -1.27. The van der Waals surface area contributed by atoms with Crippen LogP contribution in [0.3, 0.4) is 0 Å². The van der Waals surface area contributed by atoms with Gasteiger partial charge in [0, 0.05) is 13.1 Å². The average molecular weight is 248 g/mol. The molecular weight excluding hydrogens is 234 g/mol. The fourth-order valence-electron chi connectivity index (χ4n) is 1.14. The maximum absolute atomic E-state index is 5.49. The molecule has 0 aliphatic carbocycles. The topological polar surface area (TPSA) is 65.5 Å². The Morgan fingerprint density at radius 2 is 1.75 bits per heavy atom. The molecule has 0 unspecified atom stereocenters. The Bertz CT molecular complexity index is 325. The summed E-state index contributed by atoms with van der Waals surface area (Å²) < 4.78 is 15.5. The summed E-state index contributed by atoms with van der Waals surface area (Å²) in [5.41, 5.74) is 0. The van der Waals surface area contributed by atoms with E-state index in [1.807, 2.05) is 0 Å². The van der Waals surface area contributed by atoms with Crippen molar-refractivity contribution in [1.82, 2.24) is 15.3 Å². The number of halogens is 1. The van der Waals surface area contributed by atoms with E-state index in [0.717, 1.165) is 13.1 Å². The second-order valence-corrected chi connectivity index (χ2v) is 3.13. The van der Waals surface area contributed by atoms with Gasteiger partial charge in [0.2, 0.25) is 11.8 Å². The zero-order valence-corrected chi connectivity index (χ0v) is 9.91. The van der Waals surface area contributed by atoms with Crippen molar-refractivity contribution in [2.45, 2.75) is 6.10 Å². The maximum atomic E-state index is 5.49. The molecule has 1 aromatic heterocycles. The summed E-state index contributed by atoms with van der Waals surface area (Å²) in [6.07, 6.45) is 0.141. The SMILES string of the molecule is COc1cc(OC)nc(OC2CNC2)n1.Cl. The second kappa shape index (κ2) is 5.72. The molecule has 2 heterocycles. The zero-order chi connectivity index (χ0) is 10.7. The molecule has 0 spiro atoms. The summed E-state index contributed by atoms with van der Waals surface area (Å²) in [5, 5.41) is 3.10. The molecule has 1 aromatic rings. The fraction of sp³-hybridized carbons (Fsp3) is 0.556. The van der Waals surface area contributed by atoms with Crippen LogP contribution in [0.5, 0.6) is 17.8 Å². The third-order valence-corrected chi connectivity index (χ3v) is 2.09. The van der Waals surface area contributed by atoms with Gasteiger partial charge in [0.1, 0.15) is 6.10 Å². The minimum atomic E-state index is 0. The molecule has 90 valence electrons. The Labute approximate surface area is 99.7 Å². The lowest BCUT2D eigenvalue weighted by Crippen LogP contribution is -2.50. The Kier molecular flexibility index (Phi) is 4.57. The first-order valence-electron chi connectivity index (χ1n) is 4.66. The van der Waals surface area contributed by atoms with Crippen molar-refractivity contribution in [2.75, 3.05) is 27.3 Å². The number of nitrogens with zero attached hydrogens (tertiary/aromatic N) is 2. The van der Waals surface area contributed by atoms with Gasteiger partial charge in [-0.1, -0.05) is 0 Å². The summed E-state index contributed by atoms with van der Waals surface area (Å²) in [5.74, 6) is 0.869. The van der Waals surface area contributed by atoms with Crippen LogP contribution < -0.4 is 19.5 Å². The highest BCUT2D eigenvalue weighted by Gasteiger charge is 2.20. The lowest BCUT2D eigenvalue weighted by molar-refractivity contribution is 0.127. The lowest BCUT2D eigenvalue weighted by atomic mass is 10.2. The van der Waals surface area contributed by atoms with Crippen molar-refractivity contribution in [3.05, 3.63) is 6.07 Å². The monoisotopic (exact) mass is 247 g/mol. The van der Waals surface area contributed by atoms with Crippen LogP contribution in [0.15, 0.2) is 6.07 Å². The quantitative estimate of drug-likeness (QED) is 0.824. The summed E-state index contributed by atoms with van der Waals surface area (Å²) >= 11 is 0. The van der Waals surface area contributed by atoms with E-state index in [2.05, 4.69) is 15.3 Å². The first-order valence-corrected chi connectivity index (χ1v) is 4.66. The zero-order valence-electron chi connectivity index (χ0n) is 9.10. The molecule has 0 bridgehead atoms. The van der Waals surface area contributed by atoms with E-state index in [9.17, 15) is 0 Å². The summed E-state index contributed by atoms with van der Waals surface area (Å²) in [4.78, 5) is 8.12. The number of hydrogen-bond acceptors (Lipinski definition) is 6. The number of aromatic nitrogens is 2. The van der Waals surface area contributed by atoms with Gasteiger partial charge in [-0.15, -0.1) is 12.4 Å². The Balaban J connectivity index is 0.00000128. The molecule has 1 aliphatic heterocycles. The minimum Gasteiger partial charge on any atom is -0.481 e. The smallest absolute Gasteiger partial charge is 0.323 e. The molecule has 0 radical (unpaired) electrons. The summed E-state index contributed by atoms with van der Waals surface area (Å²) in [6.45, 7) is 1.64. The number of ether oxygens (including phenoxy) is 3. The second-order valence-electron chi connectivity index (χ2n) is 3.13. The number of rotatable bonds is 4. The van der Waals surface area contributed by atoms with E-state index in [1.54, 1.807) is 6.07 Å². The molecule has 0 amide bonds. The Morgan fingerprint density at radius 1 is 1.19 bits per heavy atom. The van der Waals surface area contributed by atoms with Gasteiger partial charge < -0.3 is 19.5 Å². The molecule has 0 atom stereocenters. The first-order chi connectivity index (χ1) is 7.31. The van der Waals surface area contributed by atoms with Gasteiger partial charge in [-0.05, 0) is 0 Å². The van der Waals surface area contributed by atoms with E-state index < -0.39 is 0 Å². The molecule has 16 heavy (non-hydrogen) atoms. The molecule has 1 fully saturated rings. The third kappa shape index (κ3) is 2.86. The highest BCUT2D eigenvalue weighted by Crippen LogP contribution is 2.19. The van der Waals surface area contributed by atoms with Crippen LogP contribution in [0.2, 0.25) is 0 Å². The molecule has 7 heteroatoms. The van der Waals surface area contributed by atoms with E-state index in [1.165, 1.54) is 14.2 Å². The van der Waals surface area contributed by atoms with E-state index in [4.69, 9.17) is 14.2 Å². The van der Waals surface area contributed by atoms with Crippen molar-refractivity contribution in [3.8, 4) is 17.8 Å². The molecule has 0 saturated carbocycles. The highest BCUT2D eigenvalue weighted by atomic mass is 35.5. The third-order valence-electron chi connectivity index (χ3n) is 2.09. The molecule has 1 N–H and O–H groups in total. The van der Waals surface area contributed by atoms with Crippen molar-refractivity contribution < 1.29 is 14.2 Å². The van der Waals surface area contributed by atoms with Crippen LogP contribution in [0.1, 0.15) is 0 Å². The fourth-order valence-corrected chi connectivity index (χ4v) is 1.14. The molecule has 1 aliphatic rings. The number of nitrogens with one attached hydrogen (secondary N) is 1. The van der Waals surface area contributed by atoms with Crippen LogP contribution >= 0.6 is 12.4 Å². The van der Waals surface area contributed by atoms with E-state index in [-0.39, 0.29) is 24.5 Å². The number of hydrogen-bond donors (Lipinski definition) is 1. The van der Waals surface area contributed by atoms with Gasteiger partial charge in [-0.2, -0.15) is 9.97 Å². The Morgan fingerprint density at radius 3 is 2.12 bits per heavy atom. The standard InChI is InChI=1S/C9H13N3O3.ClH/c1-13-7-3-8(14-2)12-9(11-7)15-6-4-10-5-6;/h3,6,10H,4-5H2,1-2H3;1H.